The Morgan fingerprint density at radius 1 is 1.00 bits per heavy atom. The number of rotatable bonds is 6. The Hall–Kier alpha value is -0.650. The molecule has 5 N–H and O–H groups in total. The summed E-state index contributed by atoms with van der Waals surface area (Å²) in [6.07, 6.45) is 8.78. The lowest BCUT2D eigenvalue weighted by Crippen LogP contribution is -2.59. The summed E-state index contributed by atoms with van der Waals surface area (Å²) in [5.41, 5.74) is 6.17. The molecular weight excluding hydrogens is 426 g/mol. The second-order valence-electron chi connectivity index (χ2n) is 14.6. The Morgan fingerprint density at radius 3 is 2.26 bits per heavy atom. The number of hydrogen-bond acceptors (Lipinski definition) is 4. The topological polar surface area (TPSA) is 104 Å². The second-order valence-corrected chi connectivity index (χ2v) is 14.6. The van der Waals surface area contributed by atoms with E-state index in [9.17, 15) is 20.1 Å². The van der Waals surface area contributed by atoms with Gasteiger partial charge in [-0.3, -0.25) is 4.79 Å². The van der Waals surface area contributed by atoms with Crippen LogP contribution in [0.2, 0.25) is 0 Å². The number of aliphatic hydroxyl groups excluding tert-OH is 2. The van der Waals surface area contributed by atoms with E-state index in [1.54, 1.807) is 0 Å². The highest BCUT2D eigenvalue weighted by atomic mass is 16.4. The molecule has 34 heavy (non-hydrogen) atoms. The van der Waals surface area contributed by atoms with E-state index in [4.69, 9.17) is 5.73 Å². The molecule has 196 valence electrons. The first-order valence-electron chi connectivity index (χ1n) is 14.0. The average molecular weight is 478 g/mol. The van der Waals surface area contributed by atoms with Crippen LogP contribution in [0.25, 0.3) is 0 Å². The molecule has 0 aromatic rings. The molecule has 5 heteroatoms. The third-order valence-corrected chi connectivity index (χ3v) is 12.0. The molecule has 0 amide bonds. The molecule has 4 saturated carbocycles. The van der Waals surface area contributed by atoms with Gasteiger partial charge in [0.15, 0.2) is 0 Å². The first kappa shape index (κ1) is 26.4. The number of carboxylic acids is 1. The maximum Gasteiger partial charge on any atom is 0.305 e. The molecule has 0 spiro atoms. The molecule has 0 radical (unpaired) electrons. The SMILES string of the molecule is C[C@@H](C1CCC2C3C(CC[C@@]21C)[C@@]1(C)CC[C@@H](O)C[C@H]1C[C@H]3O)C(C)(C)CC(C)(N)CC(=O)O. The number of aliphatic hydroxyl groups is 2. The molecule has 0 bridgehead atoms. The Labute approximate surface area is 207 Å². The van der Waals surface area contributed by atoms with Gasteiger partial charge in [-0.05, 0) is 116 Å². The smallest absolute Gasteiger partial charge is 0.305 e. The first-order chi connectivity index (χ1) is 15.6. The van der Waals surface area contributed by atoms with Crippen molar-refractivity contribution < 1.29 is 20.1 Å². The maximum absolute atomic E-state index is 11.5. The molecular formula is C29H51NO4. The lowest BCUT2D eigenvalue weighted by Gasteiger charge is -2.62. The van der Waals surface area contributed by atoms with Crippen LogP contribution in [0.15, 0.2) is 0 Å². The number of hydrogen-bond donors (Lipinski definition) is 4. The van der Waals surface area contributed by atoms with Gasteiger partial charge < -0.3 is 21.1 Å². The van der Waals surface area contributed by atoms with Crippen LogP contribution in [0.1, 0.15) is 106 Å². The molecule has 0 heterocycles. The van der Waals surface area contributed by atoms with E-state index < -0.39 is 11.5 Å². The zero-order valence-corrected chi connectivity index (χ0v) is 22.5. The minimum Gasteiger partial charge on any atom is -0.481 e. The molecule has 4 rings (SSSR count). The molecule has 0 aromatic carbocycles. The van der Waals surface area contributed by atoms with Gasteiger partial charge in [-0.25, -0.2) is 0 Å². The van der Waals surface area contributed by atoms with Crippen LogP contribution in [0.3, 0.4) is 0 Å². The van der Waals surface area contributed by atoms with Gasteiger partial charge in [0.1, 0.15) is 0 Å². The summed E-state index contributed by atoms with van der Waals surface area (Å²) < 4.78 is 0. The van der Waals surface area contributed by atoms with E-state index in [0.29, 0.717) is 41.9 Å². The molecule has 0 aromatic heterocycles. The number of fused-ring (bicyclic) bond motifs is 5. The number of nitrogens with two attached hydrogens (primary N) is 1. The molecule has 0 aliphatic heterocycles. The van der Waals surface area contributed by atoms with Crippen LogP contribution in [-0.4, -0.2) is 39.0 Å². The number of carboxylic acid groups (broad SMARTS) is 1. The Morgan fingerprint density at radius 2 is 1.62 bits per heavy atom. The van der Waals surface area contributed by atoms with Crippen LogP contribution < -0.4 is 5.73 Å². The fourth-order valence-corrected chi connectivity index (χ4v) is 10.2. The van der Waals surface area contributed by atoms with E-state index in [-0.39, 0.29) is 34.9 Å². The molecule has 4 aliphatic rings. The van der Waals surface area contributed by atoms with Gasteiger partial charge in [-0.15, -0.1) is 0 Å². The normalized spacial score (nSPS) is 47.1. The van der Waals surface area contributed by atoms with Gasteiger partial charge in [0.2, 0.25) is 0 Å². The molecule has 4 aliphatic carbocycles. The Bertz CT molecular complexity index is 780. The summed E-state index contributed by atoms with van der Waals surface area (Å²) >= 11 is 0. The van der Waals surface area contributed by atoms with Gasteiger partial charge in [0.05, 0.1) is 18.6 Å². The first-order valence-corrected chi connectivity index (χ1v) is 14.0. The van der Waals surface area contributed by atoms with Crippen molar-refractivity contribution in [1.29, 1.82) is 0 Å². The lowest BCUT2D eigenvalue weighted by molar-refractivity contribution is -0.176. The standard InChI is InChI=1S/C29H51NO4/c1-17(26(2,3)16-27(4,30)15-24(33)34)20-7-8-21-25-22(10-12-29(20,21)6)28(5)11-9-19(31)13-18(28)14-23(25)32/h17-23,25,31-32H,7-16,30H2,1-6H3,(H,33,34)/t17-,18-,19+,20?,21?,22?,23+,25?,27?,28-,29+/m0/s1. The predicted octanol–water partition coefficient (Wildman–Crippen LogP) is 5.22. The van der Waals surface area contributed by atoms with Crippen molar-refractivity contribution in [2.24, 2.45) is 57.5 Å². The summed E-state index contributed by atoms with van der Waals surface area (Å²) in [7, 11) is 0. The molecule has 11 atom stereocenters. The minimum absolute atomic E-state index is 0.00188. The van der Waals surface area contributed by atoms with Gasteiger partial charge in [-0.2, -0.15) is 0 Å². The van der Waals surface area contributed by atoms with Crippen molar-refractivity contribution in [2.75, 3.05) is 0 Å². The number of carbonyl (C=O) groups is 1. The van der Waals surface area contributed by atoms with E-state index >= 15 is 0 Å². The number of aliphatic carboxylic acids is 1. The summed E-state index contributed by atoms with van der Waals surface area (Å²) in [6.45, 7) is 13.8. The van der Waals surface area contributed by atoms with Crippen molar-refractivity contribution in [3.05, 3.63) is 0 Å². The van der Waals surface area contributed by atoms with Crippen molar-refractivity contribution in [3.8, 4) is 0 Å². The van der Waals surface area contributed by atoms with Gasteiger partial charge in [-0.1, -0.05) is 34.6 Å². The fourth-order valence-electron chi connectivity index (χ4n) is 10.2. The largest absolute Gasteiger partial charge is 0.481 e. The summed E-state index contributed by atoms with van der Waals surface area (Å²) in [4.78, 5) is 11.4. The minimum atomic E-state index is -0.826. The van der Waals surface area contributed by atoms with Crippen LogP contribution in [-0.2, 0) is 4.79 Å². The summed E-state index contributed by atoms with van der Waals surface area (Å²) in [5.74, 6) is 2.12. The van der Waals surface area contributed by atoms with Crippen LogP contribution in [0.4, 0.5) is 0 Å². The fraction of sp³-hybridized carbons (Fsp3) is 0.966. The van der Waals surface area contributed by atoms with Gasteiger partial charge in [0, 0.05) is 5.54 Å². The van der Waals surface area contributed by atoms with E-state index in [1.807, 2.05) is 6.92 Å². The second kappa shape index (κ2) is 8.73. The van der Waals surface area contributed by atoms with Gasteiger partial charge >= 0.3 is 5.97 Å². The quantitative estimate of drug-likeness (QED) is 0.420. The van der Waals surface area contributed by atoms with Crippen molar-refractivity contribution in [1.82, 2.24) is 0 Å². The summed E-state index contributed by atoms with van der Waals surface area (Å²) in [5, 5.41) is 31.1. The zero-order chi connectivity index (χ0) is 25.3. The van der Waals surface area contributed by atoms with Crippen molar-refractivity contribution in [2.45, 2.75) is 123 Å². The van der Waals surface area contributed by atoms with Crippen LogP contribution >= 0.6 is 0 Å². The monoisotopic (exact) mass is 477 g/mol. The van der Waals surface area contributed by atoms with Gasteiger partial charge in [0.25, 0.3) is 0 Å². The Kier molecular flexibility index (Phi) is 6.78. The van der Waals surface area contributed by atoms with Crippen LogP contribution in [0, 0.1) is 51.8 Å². The van der Waals surface area contributed by atoms with E-state index in [2.05, 4.69) is 34.6 Å². The highest BCUT2D eigenvalue weighted by Crippen LogP contribution is 2.69. The third kappa shape index (κ3) is 4.36. The molecule has 0 saturated heterocycles. The zero-order valence-electron chi connectivity index (χ0n) is 22.5. The van der Waals surface area contributed by atoms with Crippen LogP contribution in [0.5, 0.6) is 0 Å². The van der Waals surface area contributed by atoms with Crippen molar-refractivity contribution >= 4 is 5.97 Å². The summed E-state index contributed by atoms with van der Waals surface area (Å²) in [6, 6.07) is 0. The van der Waals surface area contributed by atoms with Crippen molar-refractivity contribution in [3.63, 3.8) is 0 Å². The molecule has 5 unspecified atom stereocenters. The van der Waals surface area contributed by atoms with E-state index in [1.165, 1.54) is 25.7 Å². The highest BCUT2D eigenvalue weighted by Gasteiger charge is 2.63. The average Bonchev–Trinajstić information content (AvgIpc) is 3.03. The van der Waals surface area contributed by atoms with E-state index in [0.717, 1.165) is 25.7 Å². The molecule has 5 nitrogen and oxygen atoms in total. The third-order valence-electron chi connectivity index (χ3n) is 12.0. The lowest BCUT2D eigenvalue weighted by atomic mass is 9.43. The Balaban J connectivity index is 1.55. The predicted molar refractivity (Wildman–Crippen MR) is 135 cm³/mol. The maximum atomic E-state index is 11.5. The highest BCUT2D eigenvalue weighted by molar-refractivity contribution is 5.68. The molecule has 4 fully saturated rings.